The normalized spacial score (nSPS) is 12.5. The number of rotatable bonds is 3. The molecule has 94 valence electrons. The van der Waals surface area contributed by atoms with E-state index in [1.54, 1.807) is 45.0 Å². The van der Waals surface area contributed by atoms with E-state index in [0.29, 0.717) is 10.0 Å². The van der Waals surface area contributed by atoms with Gasteiger partial charge in [0.2, 0.25) is 0 Å². The minimum atomic E-state index is -3.43. The molecule has 1 rings (SSSR count). The molecule has 0 saturated heterocycles. The summed E-state index contributed by atoms with van der Waals surface area (Å²) in [6.07, 6.45) is 0. The Kier molecular flexibility index (Phi) is 4.15. The van der Waals surface area contributed by atoms with E-state index in [2.05, 4.69) is 15.9 Å². The molecule has 0 fully saturated rings. The monoisotopic (exact) mass is 318 g/mol. The molecule has 0 aliphatic rings. The van der Waals surface area contributed by atoms with Gasteiger partial charge in [0.05, 0.1) is 4.75 Å². The molecule has 3 nitrogen and oxygen atoms in total. The van der Waals surface area contributed by atoms with Gasteiger partial charge in [-0.2, -0.15) is 0 Å². The Bertz CT molecular complexity index is 527. The van der Waals surface area contributed by atoms with Crippen molar-refractivity contribution >= 4 is 31.6 Å². The lowest BCUT2D eigenvalue weighted by atomic mass is 10.1. The van der Waals surface area contributed by atoms with Crippen LogP contribution in [0.2, 0.25) is 0 Å². The Labute approximate surface area is 110 Å². The second-order valence-corrected chi connectivity index (χ2v) is 8.37. The minimum absolute atomic E-state index is 0.382. The highest BCUT2D eigenvalue weighted by atomic mass is 79.9. The zero-order valence-electron chi connectivity index (χ0n) is 10.0. The van der Waals surface area contributed by atoms with Crippen molar-refractivity contribution in [2.24, 2.45) is 0 Å². The molecule has 0 unspecified atom stereocenters. The predicted octanol–water partition coefficient (Wildman–Crippen LogP) is 2.85. The maximum absolute atomic E-state index is 11.9. The van der Waals surface area contributed by atoms with Crippen LogP contribution in [0.1, 0.15) is 31.1 Å². The molecule has 5 heteroatoms. The molecular formula is C12H15BrO3S. The van der Waals surface area contributed by atoms with Crippen LogP contribution in [0.25, 0.3) is 0 Å². The number of hydrogen-bond acceptors (Lipinski definition) is 3. The SMILES string of the molecule is CC(C)(C)S(=O)(=O)CC(=O)c1ccccc1Br. The Morgan fingerprint density at radius 1 is 1.24 bits per heavy atom. The maximum atomic E-state index is 11.9. The van der Waals surface area contributed by atoms with Crippen LogP contribution in [-0.4, -0.2) is 24.7 Å². The summed E-state index contributed by atoms with van der Waals surface area (Å²) in [6, 6.07) is 6.82. The van der Waals surface area contributed by atoms with Crippen molar-refractivity contribution in [3.05, 3.63) is 34.3 Å². The summed E-state index contributed by atoms with van der Waals surface area (Å²) in [5, 5.41) is 0. The molecule has 0 aliphatic heterocycles. The summed E-state index contributed by atoms with van der Waals surface area (Å²) in [4.78, 5) is 11.9. The van der Waals surface area contributed by atoms with E-state index in [-0.39, 0.29) is 5.78 Å². The number of carbonyl (C=O) groups excluding carboxylic acids is 1. The van der Waals surface area contributed by atoms with Crippen molar-refractivity contribution in [1.29, 1.82) is 0 Å². The molecule has 17 heavy (non-hydrogen) atoms. The van der Waals surface area contributed by atoms with Crippen LogP contribution in [-0.2, 0) is 9.84 Å². The van der Waals surface area contributed by atoms with Gasteiger partial charge in [-0.1, -0.05) is 34.1 Å². The molecule has 0 radical (unpaired) electrons. The highest BCUT2D eigenvalue weighted by Gasteiger charge is 2.31. The van der Waals surface area contributed by atoms with Crippen LogP contribution >= 0.6 is 15.9 Å². The van der Waals surface area contributed by atoms with Gasteiger partial charge in [0.1, 0.15) is 5.75 Å². The number of carbonyl (C=O) groups is 1. The summed E-state index contributed by atoms with van der Waals surface area (Å²) >= 11 is 3.24. The lowest BCUT2D eigenvalue weighted by Gasteiger charge is -2.18. The highest BCUT2D eigenvalue weighted by Crippen LogP contribution is 2.21. The molecule has 1 aromatic carbocycles. The fraction of sp³-hybridized carbons (Fsp3) is 0.417. The van der Waals surface area contributed by atoms with Gasteiger partial charge in [-0.25, -0.2) is 8.42 Å². The molecule has 0 N–H and O–H groups in total. The number of Topliss-reactive ketones (excluding diaryl/α,β-unsaturated/α-hetero) is 1. The average Bonchev–Trinajstić information content (AvgIpc) is 2.15. The Hall–Kier alpha value is -0.680. The van der Waals surface area contributed by atoms with E-state index in [1.165, 1.54) is 0 Å². The van der Waals surface area contributed by atoms with Crippen LogP contribution in [0.3, 0.4) is 0 Å². The lowest BCUT2D eigenvalue weighted by molar-refractivity contribution is 0.101. The van der Waals surface area contributed by atoms with Crippen LogP contribution in [0, 0.1) is 0 Å². The quantitative estimate of drug-likeness (QED) is 0.805. The van der Waals surface area contributed by atoms with Gasteiger partial charge >= 0.3 is 0 Å². The first-order chi connectivity index (χ1) is 7.65. The number of halogens is 1. The summed E-state index contributed by atoms with van der Waals surface area (Å²) in [5.41, 5.74) is 0.403. The molecule has 0 spiro atoms. The molecule has 1 aromatic rings. The third-order valence-corrected chi connectivity index (χ3v) is 5.63. The minimum Gasteiger partial charge on any atom is -0.293 e. The van der Waals surface area contributed by atoms with E-state index in [0.717, 1.165) is 0 Å². The lowest BCUT2D eigenvalue weighted by Crippen LogP contribution is -2.33. The molecular weight excluding hydrogens is 304 g/mol. The molecule has 0 aliphatic carbocycles. The van der Waals surface area contributed by atoms with E-state index in [1.807, 2.05) is 0 Å². The Balaban J connectivity index is 3.00. The van der Waals surface area contributed by atoms with Crippen LogP contribution in [0.5, 0.6) is 0 Å². The van der Waals surface area contributed by atoms with Crippen molar-refractivity contribution in [1.82, 2.24) is 0 Å². The fourth-order valence-corrected chi connectivity index (χ4v) is 2.59. The number of hydrogen-bond donors (Lipinski definition) is 0. The fourth-order valence-electron chi connectivity index (χ4n) is 1.15. The zero-order valence-corrected chi connectivity index (χ0v) is 12.4. The molecule has 0 bridgehead atoms. The van der Waals surface area contributed by atoms with E-state index in [4.69, 9.17) is 0 Å². The maximum Gasteiger partial charge on any atom is 0.179 e. The molecule has 0 aromatic heterocycles. The Morgan fingerprint density at radius 2 is 1.76 bits per heavy atom. The smallest absolute Gasteiger partial charge is 0.179 e. The van der Waals surface area contributed by atoms with Gasteiger partial charge < -0.3 is 0 Å². The van der Waals surface area contributed by atoms with E-state index >= 15 is 0 Å². The zero-order chi connectivity index (χ0) is 13.3. The summed E-state index contributed by atoms with van der Waals surface area (Å²) < 4.78 is 23.5. The number of ketones is 1. The third-order valence-electron chi connectivity index (χ3n) is 2.43. The highest BCUT2D eigenvalue weighted by molar-refractivity contribution is 9.10. The van der Waals surface area contributed by atoms with E-state index in [9.17, 15) is 13.2 Å². The molecule has 0 amide bonds. The second-order valence-electron chi connectivity index (χ2n) is 4.77. The van der Waals surface area contributed by atoms with Gasteiger partial charge in [-0.15, -0.1) is 0 Å². The molecule has 0 heterocycles. The average molecular weight is 319 g/mol. The van der Waals surface area contributed by atoms with Crippen LogP contribution in [0.15, 0.2) is 28.7 Å². The predicted molar refractivity (Wildman–Crippen MR) is 72.0 cm³/mol. The van der Waals surface area contributed by atoms with Crippen molar-refractivity contribution in [3.63, 3.8) is 0 Å². The Morgan fingerprint density at radius 3 is 2.24 bits per heavy atom. The summed E-state index contributed by atoms with van der Waals surface area (Å²) in [7, 11) is -3.43. The van der Waals surface area contributed by atoms with Crippen molar-refractivity contribution < 1.29 is 13.2 Å². The van der Waals surface area contributed by atoms with E-state index < -0.39 is 20.3 Å². The van der Waals surface area contributed by atoms with Crippen molar-refractivity contribution in [2.45, 2.75) is 25.5 Å². The first kappa shape index (κ1) is 14.4. The molecule has 0 saturated carbocycles. The van der Waals surface area contributed by atoms with Gasteiger partial charge in [-0.3, -0.25) is 4.79 Å². The van der Waals surface area contributed by atoms with Crippen molar-refractivity contribution in [3.8, 4) is 0 Å². The van der Waals surface area contributed by atoms with Crippen molar-refractivity contribution in [2.75, 3.05) is 5.75 Å². The van der Waals surface area contributed by atoms with Gasteiger partial charge in [0, 0.05) is 10.0 Å². The summed E-state index contributed by atoms with van der Waals surface area (Å²) in [5.74, 6) is -0.841. The second kappa shape index (κ2) is 4.90. The first-order valence-electron chi connectivity index (χ1n) is 5.15. The largest absolute Gasteiger partial charge is 0.293 e. The number of benzene rings is 1. The van der Waals surface area contributed by atoms with Crippen LogP contribution < -0.4 is 0 Å². The van der Waals surface area contributed by atoms with Crippen LogP contribution in [0.4, 0.5) is 0 Å². The van der Waals surface area contributed by atoms with Gasteiger partial charge in [-0.05, 0) is 26.8 Å². The van der Waals surface area contributed by atoms with Gasteiger partial charge in [0.15, 0.2) is 15.6 Å². The number of sulfone groups is 1. The third kappa shape index (κ3) is 3.39. The van der Waals surface area contributed by atoms with Gasteiger partial charge in [0.25, 0.3) is 0 Å². The standard InChI is InChI=1S/C12H15BrO3S/c1-12(2,3)17(15,16)8-11(14)9-6-4-5-7-10(9)13/h4-7H,8H2,1-3H3. The summed E-state index contributed by atoms with van der Waals surface area (Å²) in [6.45, 7) is 4.78. The first-order valence-corrected chi connectivity index (χ1v) is 7.60. The molecule has 0 atom stereocenters. The topological polar surface area (TPSA) is 51.2 Å².